The number of rotatable bonds is 4. The van der Waals surface area contributed by atoms with Gasteiger partial charge in [-0.25, -0.2) is 0 Å². The molecule has 1 aromatic heterocycles. The van der Waals surface area contributed by atoms with E-state index in [-0.39, 0.29) is 12.5 Å². The Labute approximate surface area is 94.1 Å². The molecule has 0 spiro atoms. The molecule has 0 aromatic carbocycles. The maximum Gasteiger partial charge on any atom is 0.268 e. The number of aromatic amines is 1. The van der Waals surface area contributed by atoms with Gasteiger partial charge in [-0.15, -0.1) is 0 Å². The van der Waals surface area contributed by atoms with Crippen molar-refractivity contribution in [3.8, 4) is 6.07 Å². The van der Waals surface area contributed by atoms with E-state index >= 15 is 0 Å². The summed E-state index contributed by atoms with van der Waals surface area (Å²) in [4.78, 5) is 14.5. The largest absolute Gasteiger partial charge is 0.394 e. The third-order valence-electron chi connectivity index (χ3n) is 2.60. The van der Waals surface area contributed by atoms with Crippen LogP contribution in [0.25, 0.3) is 0 Å². The summed E-state index contributed by atoms with van der Waals surface area (Å²) in [6.07, 6.45) is 2.10. The maximum atomic E-state index is 11.7. The summed E-state index contributed by atoms with van der Waals surface area (Å²) < 4.78 is 0. The van der Waals surface area contributed by atoms with E-state index in [0.29, 0.717) is 17.7 Å². The lowest BCUT2D eigenvalue weighted by Crippen LogP contribution is -2.48. The fourth-order valence-electron chi connectivity index (χ4n) is 1.17. The zero-order chi connectivity index (χ0) is 12.2. The second kappa shape index (κ2) is 4.81. The number of hydrogen-bond acceptors (Lipinski definition) is 3. The van der Waals surface area contributed by atoms with E-state index in [9.17, 15) is 4.79 Å². The van der Waals surface area contributed by atoms with Gasteiger partial charge in [0.25, 0.3) is 5.91 Å². The number of aromatic nitrogens is 1. The highest BCUT2D eigenvalue weighted by atomic mass is 16.3. The second-order valence-electron chi connectivity index (χ2n) is 3.94. The van der Waals surface area contributed by atoms with Crippen molar-refractivity contribution in [1.82, 2.24) is 10.3 Å². The van der Waals surface area contributed by atoms with Crippen LogP contribution in [0, 0.1) is 11.3 Å². The van der Waals surface area contributed by atoms with Crippen LogP contribution >= 0.6 is 0 Å². The number of aliphatic hydroxyl groups excluding tert-OH is 1. The number of aliphatic hydroxyl groups is 1. The molecule has 0 aliphatic heterocycles. The molecule has 0 radical (unpaired) electrons. The summed E-state index contributed by atoms with van der Waals surface area (Å²) in [6, 6.07) is 3.41. The molecule has 0 aliphatic carbocycles. The van der Waals surface area contributed by atoms with Crippen molar-refractivity contribution in [2.75, 3.05) is 6.61 Å². The topological polar surface area (TPSA) is 88.9 Å². The zero-order valence-corrected chi connectivity index (χ0v) is 9.37. The Bertz CT molecular complexity index is 413. The SMILES string of the molecule is CCC(C)(CO)NC(=O)c1cc(C#N)c[nH]1. The van der Waals surface area contributed by atoms with E-state index in [1.54, 1.807) is 6.92 Å². The van der Waals surface area contributed by atoms with Crippen molar-refractivity contribution in [2.45, 2.75) is 25.8 Å². The van der Waals surface area contributed by atoms with Crippen LogP contribution in [0.3, 0.4) is 0 Å². The van der Waals surface area contributed by atoms with Crippen LogP contribution < -0.4 is 5.32 Å². The molecule has 0 saturated heterocycles. The number of carbonyl (C=O) groups excluding carboxylic acids is 1. The molecule has 0 saturated carbocycles. The van der Waals surface area contributed by atoms with Gasteiger partial charge in [-0.1, -0.05) is 6.92 Å². The number of hydrogen-bond donors (Lipinski definition) is 3. The van der Waals surface area contributed by atoms with Gasteiger partial charge in [0.2, 0.25) is 0 Å². The van der Waals surface area contributed by atoms with E-state index in [1.807, 2.05) is 13.0 Å². The average molecular weight is 221 g/mol. The van der Waals surface area contributed by atoms with Crippen molar-refractivity contribution in [2.24, 2.45) is 0 Å². The van der Waals surface area contributed by atoms with Crippen LogP contribution in [0.15, 0.2) is 12.3 Å². The van der Waals surface area contributed by atoms with Gasteiger partial charge in [0.1, 0.15) is 11.8 Å². The highest BCUT2D eigenvalue weighted by molar-refractivity contribution is 5.93. The summed E-state index contributed by atoms with van der Waals surface area (Å²) >= 11 is 0. The fraction of sp³-hybridized carbons (Fsp3) is 0.455. The molecule has 0 aliphatic rings. The molecule has 5 heteroatoms. The lowest BCUT2D eigenvalue weighted by atomic mass is 10.0. The Morgan fingerprint density at radius 1 is 1.75 bits per heavy atom. The quantitative estimate of drug-likeness (QED) is 0.701. The zero-order valence-electron chi connectivity index (χ0n) is 9.37. The summed E-state index contributed by atoms with van der Waals surface area (Å²) in [5.74, 6) is -0.320. The second-order valence-corrected chi connectivity index (χ2v) is 3.94. The Morgan fingerprint density at radius 2 is 2.44 bits per heavy atom. The van der Waals surface area contributed by atoms with Gasteiger partial charge >= 0.3 is 0 Å². The molecule has 1 rings (SSSR count). The van der Waals surface area contributed by atoms with E-state index in [1.165, 1.54) is 12.3 Å². The molecule has 16 heavy (non-hydrogen) atoms. The predicted octanol–water partition coefficient (Wildman–Crippen LogP) is 0.777. The van der Waals surface area contributed by atoms with Gasteiger partial charge < -0.3 is 15.4 Å². The maximum absolute atomic E-state index is 11.7. The number of nitrogens with zero attached hydrogens (tertiary/aromatic N) is 1. The number of amides is 1. The summed E-state index contributed by atoms with van der Waals surface area (Å²) in [5.41, 5.74) is 0.103. The number of carbonyl (C=O) groups is 1. The molecule has 1 atom stereocenters. The average Bonchev–Trinajstić information content (AvgIpc) is 2.77. The van der Waals surface area contributed by atoms with Gasteiger partial charge in [-0.3, -0.25) is 4.79 Å². The Morgan fingerprint density at radius 3 is 2.88 bits per heavy atom. The normalized spacial score (nSPS) is 13.9. The van der Waals surface area contributed by atoms with Crippen LogP contribution in [-0.4, -0.2) is 28.1 Å². The first-order valence-electron chi connectivity index (χ1n) is 5.06. The van der Waals surface area contributed by atoms with Gasteiger partial charge in [-0.05, 0) is 19.4 Å². The molecule has 1 unspecified atom stereocenters. The van der Waals surface area contributed by atoms with Crippen molar-refractivity contribution in [1.29, 1.82) is 5.26 Å². The van der Waals surface area contributed by atoms with Gasteiger partial charge in [0, 0.05) is 6.20 Å². The van der Waals surface area contributed by atoms with Crippen LogP contribution in [-0.2, 0) is 0 Å². The van der Waals surface area contributed by atoms with E-state index < -0.39 is 5.54 Å². The Kier molecular flexibility index (Phi) is 3.69. The highest BCUT2D eigenvalue weighted by Gasteiger charge is 2.24. The molecule has 0 bridgehead atoms. The number of H-pyrrole nitrogens is 1. The number of nitriles is 1. The van der Waals surface area contributed by atoms with Crippen LogP contribution in [0.4, 0.5) is 0 Å². The third-order valence-corrected chi connectivity index (χ3v) is 2.60. The molecule has 5 nitrogen and oxygen atoms in total. The summed E-state index contributed by atoms with van der Waals surface area (Å²) in [5, 5.41) is 20.5. The minimum atomic E-state index is -0.630. The molecule has 3 N–H and O–H groups in total. The van der Waals surface area contributed by atoms with E-state index in [0.717, 1.165) is 0 Å². The molecular weight excluding hydrogens is 206 g/mol. The lowest BCUT2D eigenvalue weighted by molar-refractivity contribution is 0.0843. The minimum absolute atomic E-state index is 0.124. The fourth-order valence-corrected chi connectivity index (χ4v) is 1.17. The van der Waals surface area contributed by atoms with Crippen molar-refractivity contribution in [3.05, 3.63) is 23.5 Å². The Balaban J connectivity index is 2.76. The van der Waals surface area contributed by atoms with Gasteiger partial charge in [0.05, 0.1) is 17.7 Å². The van der Waals surface area contributed by atoms with Crippen LogP contribution in [0.2, 0.25) is 0 Å². The lowest BCUT2D eigenvalue weighted by Gasteiger charge is -2.26. The van der Waals surface area contributed by atoms with Gasteiger partial charge in [-0.2, -0.15) is 5.26 Å². The van der Waals surface area contributed by atoms with E-state index in [4.69, 9.17) is 10.4 Å². The standard InChI is InChI=1S/C11H15N3O2/c1-3-11(2,7-15)14-10(16)9-4-8(5-12)6-13-9/h4,6,13,15H,3,7H2,1-2H3,(H,14,16). The first kappa shape index (κ1) is 12.3. The van der Waals surface area contributed by atoms with E-state index in [2.05, 4.69) is 10.3 Å². The highest BCUT2D eigenvalue weighted by Crippen LogP contribution is 2.10. The van der Waals surface area contributed by atoms with Crippen LogP contribution in [0.5, 0.6) is 0 Å². The minimum Gasteiger partial charge on any atom is -0.394 e. The summed E-state index contributed by atoms with van der Waals surface area (Å²) in [6.45, 7) is 3.52. The summed E-state index contributed by atoms with van der Waals surface area (Å²) in [7, 11) is 0. The number of nitrogens with one attached hydrogen (secondary N) is 2. The predicted molar refractivity (Wildman–Crippen MR) is 58.8 cm³/mol. The smallest absolute Gasteiger partial charge is 0.268 e. The van der Waals surface area contributed by atoms with Crippen molar-refractivity contribution < 1.29 is 9.90 Å². The van der Waals surface area contributed by atoms with Crippen molar-refractivity contribution >= 4 is 5.91 Å². The van der Waals surface area contributed by atoms with Crippen LogP contribution in [0.1, 0.15) is 36.3 Å². The first-order valence-corrected chi connectivity index (χ1v) is 5.06. The molecule has 1 aromatic rings. The molecule has 1 amide bonds. The van der Waals surface area contributed by atoms with Crippen molar-refractivity contribution in [3.63, 3.8) is 0 Å². The molecular formula is C11H15N3O2. The monoisotopic (exact) mass is 221 g/mol. The third kappa shape index (κ3) is 2.61. The molecule has 0 fully saturated rings. The molecule has 86 valence electrons. The molecule has 1 heterocycles. The van der Waals surface area contributed by atoms with Gasteiger partial charge in [0.15, 0.2) is 0 Å². The first-order chi connectivity index (χ1) is 7.54. The Hall–Kier alpha value is -1.80.